The number of nitrogens with zero attached hydrogens (tertiary/aromatic N) is 5. The van der Waals surface area contributed by atoms with Crippen LogP contribution in [0.3, 0.4) is 0 Å². The third-order valence-electron chi connectivity index (χ3n) is 1.98. The third kappa shape index (κ3) is 2.78. The van der Waals surface area contributed by atoms with Gasteiger partial charge in [-0.1, -0.05) is 5.16 Å². The molecule has 2 aromatic rings. The average Bonchev–Trinajstić information content (AvgIpc) is 2.76. The first-order valence-electron chi connectivity index (χ1n) is 4.66. The Hall–Kier alpha value is -1.96. The highest BCUT2D eigenvalue weighted by Crippen LogP contribution is 2.10. The summed E-state index contributed by atoms with van der Waals surface area (Å²) in [5.74, 6) is 0.0755. The van der Waals surface area contributed by atoms with Gasteiger partial charge < -0.3 is 10.9 Å². The van der Waals surface area contributed by atoms with Crippen molar-refractivity contribution in [3.05, 3.63) is 40.6 Å². The Morgan fingerprint density at radius 1 is 1.53 bits per heavy atom. The number of aromatic nitrogens is 4. The maximum absolute atomic E-state index is 8.48. The molecule has 7 nitrogen and oxygen atoms in total. The maximum Gasteiger partial charge on any atom is 0.219 e. The predicted octanol–water partition coefficient (Wildman–Crippen LogP) is 0.578. The molecule has 0 spiro atoms. The van der Waals surface area contributed by atoms with E-state index < -0.39 is 0 Å². The summed E-state index contributed by atoms with van der Waals surface area (Å²) < 4.78 is 2.48. The van der Waals surface area contributed by atoms with Gasteiger partial charge in [0.2, 0.25) is 11.7 Å². The van der Waals surface area contributed by atoms with Crippen LogP contribution in [-0.4, -0.2) is 30.8 Å². The summed E-state index contributed by atoms with van der Waals surface area (Å²) in [7, 11) is 0. The van der Waals surface area contributed by atoms with E-state index in [-0.39, 0.29) is 11.7 Å². The molecule has 3 N–H and O–H groups in total. The van der Waals surface area contributed by atoms with Crippen LogP contribution in [0.5, 0.6) is 0 Å². The second kappa shape index (κ2) is 4.91. The second-order valence-corrected chi connectivity index (χ2v) is 4.18. The summed E-state index contributed by atoms with van der Waals surface area (Å²) in [5, 5.41) is 15.4. The van der Waals surface area contributed by atoms with Gasteiger partial charge in [0, 0.05) is 16.9 Å². The summed E-state index contributed by atoms with van der Waals surface area (Å²) in [4.78, 5) is 7.95. The number of nitrogens with two attached hydrogens (primary N) is 1. The first-order valence-corrected chi connectivity index (χ1v) is 5.45. The lowest BCUT2D eigenvalue weighted by molar-refractivity contribution is 0.318. The Kier molecular flexibility index (Phi) is 3.33. The SMILES string of the molecule is N/C(=N/O)c1ncn(Cc2cncc(Br)c2)n1. The fourth-order valence-electron chi connectivity index (χ4n) is 1.26. The van der Waals surface area contributed by atoms with E-state index in [0.29, 0.717) is 6.54 Å². The highest BCUT2D eigenvalue weighted by atomic mass is 79.9. The van der Waals surface area contributed by atoms with Crippen LogP contribution in [-0.2, 0) is 6.54 Å². The van der Waals surface area contributed by atoms with Crippen LogP contribution in [0.2, 0.25) is 0 Å². The molecule has 0 saturated carbocycles. The molecule has 0 radical (unpaired) electrons. The number of hydrogen-bond acceptors (Lipinski definition) is 5. The Morgan fingerprint density at radius 2 is 2.35 bits per heavy atom. The topological polar surface area (TPSA) is 102 Å². The summed E-state index contributed by atoms with van der Waals surface area (Å²) in [6.07, 6.45) is 4.94. The molecule has 0 aliphatic rings. The molecule has 0 amide bonds. The first-order chi connectivity index (χ1) is 8.19. The molecule has 2 aromatic heterocycles. The van der Waals surface area contributed by atoms with Crippen molar-refractivity contribution in [3.63, 3.8) is 0 Å². The molecule has 2 rings (SSSR count). The highest BCUT2D eigenvalue weighted by Gasteiger charge is 2.06. The van der Waals surface area contributed by atoms with Gasteiger partial charge in [-0.25, -0.2) is 9.67 Å². The molecule has 0 atom stereocenters. The Morgan fingerprint density at radius 3 is 3.06 bits per heavy atom. The quantitative estimate of drug-likeness (QED) is 0.373. The monoisotopic (exact) mass is 296 g/mol. The zero-order valence-corrected chi connectivity index (χ0v) is 10.2. The van der Waals surface area contributed by atoms with Crippen molar-refractivity contribution >= 4 is 21.8 Å². The van der Waals surface area contributed by atoms with Gasteiger partial charge >= 0.3 is 0 Å². The lowest BCUT2D eigenvalue weighted by Crippen LogP contribution is -2.15. The Bertz CT molecular complexity index is 552. The van der Waals surface area contributed by atoms with Crippen LogP contribution in [0.25, 0.3) is 0 Å². The number of rotatable bonds is 3. The number of halogens is 1. The van der Waals surface area contributed by atoms with Crippen LogP contribution in [0.1, 0.15) is 11.4 Å². The van der Waals surface area contributed by atoms with Gasteiger partial charge in [-0.05, 0) is 27.6 Å². The summed E-state index contributed by atoms with van der Waals surface area (Å²) >= 11 is 3.34. The molecule has 17 heavy (non-hydrogen) atoms. The molecule has 0 fully saturated rings. The number of hydrogen-bond donors (Lipinski definition) is 2. The van der Waals surface area contributed by atoms with E-state index in [9.17, 15) is 0 Å². The van der Waals surface area contributed by atoms with Gasteiger partial charge in [-0.3, -0.25) is 4.98 Å². The van der Waals surface area contributed by atoms with Crippen LogP contribution < -0.4 is 5.73 Å². The zero-order valence-electron chi connectivity index (χ0n) is 8.66. The van der Waals surface area contributed by atoms with Gasteiger partial charge in [0.1, 0.15) is 6.33 Å². The fraction of sp³-hybridized carbons (Fsp3) is 0.111. The molecule has 88 valence electrons. The Labute approximate surface area is 105 Å². The smallest absolute Gasteiger partial charge is 0.219 e. The molecule has 2 heterocycles. The maximum atomic E-state index is 8.48. The first kappa shape index (κ1) is 11.5. The van der Waals surface area contributed by atoms with E-state index in [1.807, 2.05) is 6.07 Å². The van der Waals surface area contributed by atoms with Crippen molar-refractivity contribution < 1.29 is 5.21 Å². The minimum Gasteiger partial charge on any atom is -0.409 e. The minimum atomic E-state index is -0.115. The van der Waals surface area contributed by atoms with Gasteiger partial charge in [-0.2, -0.15) is 0 Å². The van der Waals surface area contributed by atoms with Crippen molar-refractivity contribution in [1.29, 1.82) is 0 Å². The molecule has 0 bridgehead atoms. The van der Waals surface area contributed by atoms with Gasteiger partial charge in [0.15, 0.2) is 0 Å². The number of oxime groups is 1. The zero-order chi connectivity index (χ0) is 12.3. The molecular weight excluding hydrogens is 288 g/mol. The normalized spacial score (nSPS) is 11.7. The molecule has 8 heteroatoms. The van der Waals surface area contributed by atoms with Crippen molar-refractivity contribution in [2.24, 2.45) is 10.9 Å². The number of amidine groups is 1. The Balaban J connectivity index is 2.17. The van der Waals surface area contributed by atoms with Gasteiger partial charge in [0.25, 0.3) is 0 Å². The van der Waals surface area contributed by atoms with E-state index in [1.54, 1.807) is 17.1 Å². The molecule has 0 aromatic carbocycles. The van der Waals surface area contributed by atoms with Gasteiger partial charge in [0.05, 0.1) is 6.54 Å². The number of pyridine rings is 1. The lowest BCUT2D eigenvalue weighted by Gasteiger charge is -2.00. The average molecular weight is 297 g/mol. The van der Waals surface area contributed by atoms with Crippen LogP contribution in [0.15, 0.2) is 34.4 Å². The van der Waals surface area contributed by atoms with E-state index >= 15 is 0 Å². The highest BCUT2D eigenvalue weighted by molar-refractivity contribution is 9.10. The van der Waals surface area contributed by atoms with Crippen LogP contribution in [0, 0.1) is 0 Å². The van der Waals surface area contributed by atoms with E-state index in [4.69, 9.17) is 10.9 Å². The minimum absolute atomic E-state index is 0.115. The van der Waals surface area contributed by atoms with Crippen molar-refractivity contribution in [2.45, 2.75) is 6.54 Å². The van der Waals surface area contributed by atoms with E-state index in [0.717, 1.165) is 10.0 Å². The van der Waals surface area contributed by atoms with Crippen molar-refractivity contribution in [2.75, 3.05) is 0 Å². The standard InChI is InChI=1S/C9H9BrN6O/c10-7-1-6(2-12-3-7)4-16-5-13-9(14-16)8(11)15-17/h1-3,5,17H,4H2,(H2,11,15). The van der Waals surface area contributed by atoms with Crippen LogP contribution in [0.4, 0.5) is 0 Å². The largest absolute Gasteiger partial charge is 0.409 e. The summed E-state index contributed by atoms with van der Waals surface area (Å²) in [5.41, 5.74) is 6.33. The van der Waals surface area contributed by atoms with E-state index in [2.05, 4.69) is 36.2 Å². The summed E-state index contributed by atoms with van der Waals surface area (Å²) in [6, 6.07) is 1.93. The summed E-state index contributed by atoms with van der Waals surface area (Å²) in [6.45, 7) is 0.512. The van der Waals surface area contributed by atoms with Crippen LogP contribution >= 0.6 is 15.9 Å². The molecule has 0 saturated heterocycles. The van der Waals surface area contributed by atoms with Gasteiger partial charge in [-0.15, -0.1) is 5.10 Å². The fourth-order valence-corrected chi connectivity index (χ4v) is 1.67. The second-order valence-electron chi connectivity index (χ2n) is 3.26. The molecular formula is C9H9BrN6O. The van der Waals surface area contributed by atoms with Crippen molar-refractivity contribution in [1.82, 2.24) is 19.7 Å². The predicted molar refractivity (Wildman–Crippen MR) is 63.6 cm³/mol. The van der Waals surface area contributed by atoms with Crippen molar-refractivity contribution in [3.8, 4) is 0 Å². The molecule has 0 aliphatic heterocycles. The molecule has 0 unspecified atom stereocenters. The molecule has 0 aliphatic carbocycles. The lowest BCUT2D eigenvalue weighted by atomic mass is 10.3. The third-order valence-corrected chi connectivity index (χ3v) is 2.41. The van der Waals surface area contributed by atoms with E-state index in [1.165, 1.54) is 6.33 Å².